The summed E-state index contributed by atoms with van der Waals surface area (Å²) in [4.78, 5) is 14.0. The minimum absolute atomic E-state index is 0.704. The van der Waals surface area contributed by atoms with Crippen LogP contribution in [-0.2, 0) is 0 Å². The fourth-order valence-electron chi connectivity index (χ4n) is 6.28. The zero-order chi connectivity index (χ0) is 35.9. The fourth-order valence-corrected chi connectivity index (χ4v) is 6.28. The number of hydrogen-bond donors (Lipinski definition) is 0. The first-order valence-corrected chi connectivity index (χ1v) is 20.8. The molecule has 0 bridgehead atoms. The van der Waals surface area contributed by atoms with Crippen LogP contribution in [0.1, 0.15) is 168 Å². The Morgan fingerprint density at radius 3 is 1.24 bits per heavy atom. The zero-order valence-electron chi connectivity index (χ0n) is 33.2. The summed E-state index contributed by atoms with van der Waals surface area (Å²) in [6.07, 6.45) is 33.8. The standard InChI is InChI=1S/C46H74N4/c1-6-9-10-11-12-13-14-15-16-17-18-19-20-21-22-23-24-25-26-27-28-29-30-31-32-44(48-43-35-39-46(40-36-43)50(5)8-3)41-47-42-33-37-45(38-34-42)49(4)7-2/h33-41H,6-30H2,1-5H3. The predicted molar refractivity (Wildman–Crippen MR) is 226 cm³/mol. The van der Waals surface area contributed by atoms with Gasteiger partial charge in [-0.3, -0.25) is 4.99 Å². The lowest BCUT2D eigenvalue weighted by Crippen LogP contribution is -2.15. The average molecular weight is 683 g/mol. The van der Waals surface area contributed by atoms with Crippen molar-refractivity contribution in [3.8, 4) is 11.8 Å². The van der Waals surface area contributed by atoms with Gasteiger partial charge >= 0.3 is 0 Å². The lowest BCUT2D eigenvalue weighted by molar-refractivity contribution is 0.519. The summed E-state index contributed by atoms with van der Waals surface area (Å²) in [5.74, 6) is 6.71. The van der Waals surface area contributed by atoms with Gasteiger partial charge in [-0.05, 0) is 74.7 Å². The van der Waals surface area contributed by atoms with Crippen molar-refractivity contribution >= 4 is 34.7 Å². The van der Waals surface area contributed by atoms with Crippen LogP contribution in [0.25, 0.3) is 0 Å². The Bertz CT molecular complexity index is 1200. The van der Waals surface area contributed by atoms with Crippen LogP contribution in [-0.4, -0.2) is 39.1 Å². The smallest absolute Gasteiger partial charge is 0.132 e. The highest BCUT2D eigenvalue weighted by atomic mass is 15.1. The molecule has 50 heavy (non-hydrogen) atoms. The van der Waals surface area contributed by atoms with Crippen molar-refractivity contribution in [2.45, 2.75) is 168 Å². The molecule has 0 radical (unpaired) electrons. The highest BCUT2D eigenvalue weighted by Crippen LogP contribution is 2.21. The molecule has 2 rings (SSSR count). The van der Waals surface area contributed by atoms with Crippen LogP contribution in [0.2, 0.25) is 0 Å². The van der Waals surface area contributed by atoms with Crippen LogP contribution in [0.3, 0.4) is 0 Å². The van der Waals surface area contributed by atoms with Crippen LogP contribution < -0.4 is 9.80 Å². The van der Waals surface area contributed by atoms with Crippen molar-refractivity contribution in [2.24, 2.45) is 9.98 Å². The Labute approximate surface area is 309 Å². The fraction of sp³-hybridized carbons (Fsp3) is 0.652. The number of nitrogens with zero attached hydrogens (tertiary/aromatic N) is 4. The second-order valence-electron chi connectivity index (χ2n) is 14.3. The predicted octanol–water partition coefficient (Wildman–Crippen LogP) is 14.1. The van der Waals surface area contributed by atoms with E-state index in [2.05, 4.69) is 105 Å². The summed E-state index contributed by atoms with van der Waals surface area (Å²) >= 11 is 0. The SMILES string of the molecule is CCCCCCCCCCCCCCCCCCCCCCCCC#CC(C=Nc1ccc(N(C)CC)cc1)=Nc1ccc(N(C)CC)cc1. The normalized spacial score (nSPS) is 11.6. The monoisotopic (exact) mass is 683 g/mol. The van der Waals surface area contributed by atoms with Crippen LogP contribution in [0.5, 0.6) is 0 Å². The molecule has 0 N–H and O–H groups in total. The molecule has 2 aromatic carbocycles. The van der Waals surface area contributed by atoms with E-state index >= 15 is 0 Å². The van der Waals surface area contributed by atoms with Gasteiger partial charge in [0.05, 0.1) is 17.6 Å². The van der Waals surface area contributed by atoms with Crippen molar-refractivity contribution < 1.29 is 0 Å². The van der Waals surface area contributed by atoms with Gasteiger partial charge in [0, 0.05) is 45.0 Å². The Balaban J connectivity index is 1.60. The second kappa shape index (κ2) is 29.6. The summed E-state index contributed by atoms with van der Waals surface area (Å²) in [7, 11) is 4.21. The first-order chi connectivity index (χ1) is 24.6. The molecule has 0 spiro atoms. The quantitative estimate of drug-likeness (QED) is 0.0486. The summed E-state index contributed by atoms with van der Waals surface area (Å²) < 4.78 is 0. The van der Waals surface area contributed by atoms with Crippen molar-refractivity contribution in [2.75, 3.05) is 37.0 Å². The molecule has 0 heterocycles. The van der Waals surface area contributed by atoms with E-state index in [-0.39, 0.29) is 0 Å². The topological polar surface area (TPSA) is 31.2 Å². The molecule has 4 nitrogen and oxygen atoms in total. The molecule has 0 atom stereocenters. The summed E-state index contributed by atoms with van der Waals surface area (Å²) in [6.45, 7) is 8.56. The Morgan fingerprint density at radius 2 is 0.860 bits per heavy atom. The molecule has 0 aliphatic heterocycles. The summed E-state index contributed by atoms with van der Waals surface area (Å²) in [5.41, 5.74) is 4.90. The molecule has 0 fully saturated rings. The minimum atomic E-state index is 0.704. The van der Waals surface area contributed by atoms with Crippen molar-refractivity contribution in [1.29, 1.82) is 0 Å². The van der Waals surface area contributed by atoms with E-state index in [0.717, 1.165) is 37.3 Å². The molecule has 4 heteroatoms. The van der Waals surface area contributed by atoms with Gasteiger partial charge in [-0.15, -0.1) is 0 Å². The summed E-state index contributed by atoms with van der Waals surface area (Å²) in [5, 5.41) is 0. The minimum Gasteiger partial charge on any atom is -0.375 e. The highest BCUT2D eigenvalue weighted by Gasteiger charge is 2.01. The van der Waals surface area contributed by atoms with Gasteiger partial charge in [-0.25, -0.2) is 4.99 Å². The number of unbranched alkanes of at least 4 members (excludes halogenated alkanes) is 22. The second-order valence-corrected chi connectivity index (χ2v) is 14.3. The zero-order valence-corrected chi connectivity index (χ0v) is 33.2. The highest BCUT2D eigenvalue weighted by molar-refractivity contribution is 6.39. The van der Waals surface area contributed by atoms with Gasteiger partial charge < -0.3 is 9.80 Å². The van der Waals surface area contributed by atoms with E-state index in [4.69, 9.17) is 9.98 Å². The van der Waals surface area contributed by atoms with Crippen LogP contribution in [0, 0.1) is 11.8 Å². The van der Waals surface area contributed by atoms with Crippen molar-refractivity contribution in [1.82, 2.24) is 0 Å². The van der Waals surface area contributed by atoms with E-state index in [1.807, 2.05) is 6.21 Å². The number of hydrogen-bond acceptors (Lipinski definition) is 4. The van der Waals surface area contributed by atoms with Crippen molar-refractivity contribution in [3.63, 3.8) is 0 Å². The van der Waals surface area contributed by atoms with E-state index < -0.39 is 0 Å². The first-order valence-electron chi connectivity index (χ1n) is 20.8. The molecule has 0 aliphatic carbocycles. The van der Waals surface area contributed by atoms with E-state index in [1.54, 1.807) is 0 Å². The lowest BCUT2D eigenvalue weighted by Gasteiger charge is -2.16. The Hall–Kier alpha value is -3.06. The van der Waals surface area contributed by atoms with Gasteiger partial charge in [0.25, 0.3) is 0 Å². The van der Waals surface area contributed by atoms with Gasteiger partial charge in [0.2, 0.25) is 0 Å². The molecule has 278 valence electrons. The van der Waals surface area contributed by atoms with Crippen LogP contribution in [0.4, 0.5) is 22.7 Å². The Kier molecular flexibility index (Phi) is 25.6. The number of aliphatic imine (C=N–C) groups is 2. The van der Waals surface area contributed by atoms with Gasteiger partial charge in [-0.2, -0.15) is 0 Å². The van der Waals surface area contributed by atoms with E-state index in [0.29, 0.717) is 5.71 Å². The molecule has 0 saturated carbocycles. The van der Waals surface area contributed by atoms with Crippen LogP contribution in [0.15, 0.2) is 58.5 Å². The Morgan fingerprint density at radius 1 is 0.500 bits per heavy atom. The molecule has 2 aromatic rings. The number of rotatable bonds is 29. The maximum Gasteiger partial charge on any atom is 0.132 e. The molecular weight excluding hydrogens is 609 g/mol. The largest absolute Gasteiger partial charge is 0.375 e. The van der Waals surface area contributed by atoms with E-state index in [1.165, 1.54) is 146 Å². The maximum atomic E-state index is 4.85. The van der Waals surface area contributed by atoms with Gasteiger partial charge in [0.1, 0.15) is 5.71 Å². The van der Waals surface area contributed by atoms with Gasteiger partial charge in [0.15, 0.2) is 0 Å². The van der Waals surface area contributed by atoms with Crippen molar-refractivity contribution in [3.05, 3.63) is 48.5 Å². The van der Waals surface area contributed by atoms with Gasteiger partial charge in [-0.1, -0.05) is 148 Å². The maximum absolute atomic E-state index is 4.85. The third-order valence-corrected chi connectivity index (χ3v) is 9.99. The van der Waals surface area contributed by atoms with Crippen LogP contribution >= 0.6 is 0 Å². The van der Waals surface area contributed by atoms with E-state index in [9.17, 15) is 0 Å². The number of benzene rings is 2. The molecule has 0 saturated heterocycles. The molecule has 0 aromatic heterocycles. The number of anilines is 2. The lowest BCUT2D eigenvalue weighted by atomic mass is 10.0. The third-order valence-electron chi connectivity index (χ3n) is 9.99. The molecule has 0 aliphatic rings. The third kappa shape index (κ3) is 21.2. The summed E-state index contributed by atoms with van der Waals surface area (Å²) in [6, 6.07) is 16.7. The molecular formula is C46H74N4. The molecule has 0 amide bonds. The molecule has 0 unspecified atom stereocenters. The first kappa shape index (κ1) is 43.1. The average Bonchev–Trinajstić information content (AvgIpc) is 3.15.